The van der Waals surface area contributed by atoms with E-state index in [0.717, 1.165) is 6.20 Å². The summed E-state index contributed by atoms with van der Waals surface area (Å²) in [6.45, 7) is 0.191. The molecule has 1 N–H and O–H groups in total. The number of rotatable bonds is 4. The summed E-state index contributed by atoms with van der Waals surface area (Å²) in [5.74, 6) is -1.27. The Hall–Kier alpha value is -2.67. The second-order valence-corrected chi connectivity index (χ2v) is 5.59. The van der Waals surface area contributed by atoms with Gasteiger partial charge in [0.25, 0.3) is 5.91 Å². The van der Waals surface area contributed by atoms with Gasteiger partial charge in [0.1, 0.15) is 22.3 Å². The van der Waals surface area contributed by atoms with Crippen LogP contribution >= 0.6 is 11.3 Å². The number of hydrogen-bond donors (Lipinski definition) is 1. The predicted octanol–water partition coefficient (Wildman–Crippen LogP) is 3.41. The average molecular weight is 331 g/mol. The average Bonchev–Trinajstić information content (AvgIpc) is 3.02. The maximum atomic E-state index is 13.7. The molecule has 0 fully saturated rings. The van der Waals surface area contributed by atoms with Gasteiger partial charge in [-0.2, -0.15) is 0 Å². The number of amides is 1. The van der Waals surface area contributed by atoms with E-state index in [4.69, 9.17) is 0 Å². The summed E-state index contributed by atoms with van der Waals surface area (Å²) < 4.78 is 26.5. The van der Waals surface area contributed by atoms with Crippen molar-refractivity contribution in [3.63, 3.8) is 0 Å². The molecule has 3 aromatic rings. The Balaban J connectivity index is 1.67. The molecule has 0 bridgehead atoms. The molecule has 0 aliphatic rings. The van der Waals surface area contributed by atoms with Crippen molar-refractivity contribution in [1.29, 1.82) is 0 Å². The SMILES string of the molecule is O=C(NCc1nc(-c2ccccc2F)cs1)c1ccc(F)cn1. The van der Waals surface area contributed by atoms with Crippen LogP contribution in [0.4, 0.5) is 8.78 Å². The molecule has 0 aliphatic heterocycles. The molecule has 2 heterocycles. The van der Waals surface area contributed by atoms with Crippen LogP contribution in [-0.2, 0) is 6.54 Å². The summed E-state index contributed by atoms with van der Waals surface area (Å²) in [6.07, 6.45) is 0.981. The second kappa shape index (κ2) is 6.62. The number of benzene rings is 1. The molecular weight excluding hydrogens is 320 g/mol. The molecule has 1 amide bonds. The Morgan fingerprint density at radius 2 is 2.00 bits per heavy atom. The van der Waals surface area contributed by atoms with E-state index in [0.29, 0.717) is 16.3 Å². The van der Waals surface area contributed by atoms with E-state index in [2.05, 4.69) is 15.3 Å². The highest BCUT2D eigenvalue weighted by molar-refractivity contribution is 7.09. The minimum absolute atomic E-state index is 0.122. The fourth-order valence-electron chi connectivity index (χ4n) is 1.94. The van der Waals surface area contributed by atoms with Crippen LogP contribution in [0.5, 0.6) is 0 Å². The van der Waals surface area contributed by atoms with Gasteiger partial charge in [-0.15, -0.1) is 11.3 Å². The van der Waals surface area contributed by atoms with E-state index in [-0.39, 0.29) is 18.1 Å². The van der Waals surface area contributed by atoms with Gasteiger partial charge in [-0.05, 0) is 24.3 Å². The van der Waals surface area contributed by atoms with Crippen molar-refractivity contribution in [2.24, 2.45) is 0 Å². The van der Waals surface area contributed by atoms with Crippen molar-refractivity contribution in [2.45, 2.75) is 6.54 Å². The highest BCUT2D eigenvalue weighted by Crippen LogP contribution is 2.24. The molecule has 1 aromatic carbocycles. The van der Waals surface area contributed by atoms with E-state index >= 15 is 0 Å². The Labute approximate surface area is 134 Å². The van der Waals surface area contributed by atoms with Crippen LogP contribution in [0.1, 0.15) is 15.5 Å². The van der Waals surface area contributed by atoms with Gasteiger partial charge >= 0.3 is 0 Å². The Morgan fingerprint density at radius 1 is 1.17 bits per heavy atom. The molecular formula is C16H11F2N3OS. The fourth-order valence-corrected chi connectivity index (χ4v) is 2.68. The molecule has 4 nitrogen and oxygen atoms in total. The first-order valence-electron chi connectivity index (χ1n) is 6.72. The normalized spacial score (nSPS) is 10.5. The smallest absolute Gasteiger partial charge is 0.270 e. The zero-order chi connectivity index (χ0) is 16.2. The van der Waals surface area contributed by atoms with Crippen molar-refractivity contribution < 1.29 is 13.6 Å². The van der Waals surface area contributed by atoms with E-state index in [9.17, 15) is 13.6 Å². The summed E-state index contributed by atoms with van der Waals surface area (Å²) in [5, 5.41) is 5.01. The number of pyridine rings is 1. The van der Waals surface area contributed by atoms with Crippen LogP contribution in [0.2, 0.25) is 0 Å². The molecule has 0 saturated carbocycles. The zero-order valence-electron chi connectivity index (χ0n) is 11.8. The number of carbonyl (C=O) groups excluding carboxylic acids is 1. The highest BCUT2D eigenvalue weighted by atomic mass is 32.1. The molecule has 0 saturated heterocycles. The summed E-state index contributed by atoms with van der Waals surface area (Å²) >= 11 is 1.32. The number of carbonyl (C=O) groups is 1. The number of nitrogens with zero attached hydrogens (tertiary/aromatic N) is 2. The van der Waals surface area contributed by atoms with Crippen molar-refractivity contribution in [2.75, 3.05) is 0 Å². The summed E-state index contributed by atoms with van der Waals surface area (Å²) in [5.41, 5.74) is 1.07. The summed E-state index contributed by atoms with van der Waals surface area (Å²) in [7, 11) is 0. The zero-order valence-corrected chi connectivity index (χ0v) is 12.6. The minimum atomic E-state index is -0.504. The standard InChI is InChI=1S/C16H11F2N3OS/c17-10-5-6-13(19-7-10)16(22)20-8-15-21-14(9-23-15)11-3-1-2-4-12(11)18/h1-7,9H,8H2,(H,20,22). The van der Waals surface area contributed by atoms with Crippen molar-refractivity contribution in [3.8, 4) is 11.3 Å². The molecule has 0 atom stereocenters. The second-order valence-electron chi connectivity index (χ2n) is 4.65. The van der Waals surface area contributed by atoms with Crippen LogP contribution in [-0.4, -0.2) is 15.9 Å². The summed E-state index contributed by atoms with van der Waals surface area (Å²) in [4.78, 5) is 19.9. The van der Waals surface area contributed by atoms with Crippen molar-refractivity contribution in [1.82, 2.24) is 15.3 Å². The molecule has 0 spiro atoms. The minimum Gasteiger partial charge on any atom is -0.344 e. The Morgan fingerprint density at radius 3 is 2.74 bits per heavy atom. The number of nitrogens with one attached hydrogen (secondary N) is 1. The molecule has 0 radical (unpaired) electrons. The topological polar surface area (TPSA) is 54.9 Å². The fraction of sp³-hybridized carbons (Fsp3) is 0.0625. The summed E-state index contributed by atoms with van der Waals surface area (Å²) in [6, 6.07) is 8.84. The van der Waals surface area contributed by atoms with Crippen LogP contribution in [0, 0.1) is 11.6 Å². The van der Waals surface area contributed by atoms with Gasteiger partial charge in [-0.3, -0.25) is 4.79 Å². The molecule has 0 aliphatic carbocycles. The molecule has 116 valence electrons. The third-order valence-corrected chi connectivity index (χ3v) is 3.91. The first kappa shape index (κ1) is 15.2. The van der Waals surface area contributed by atoms with Crippen LogP contribution in [0.15, 0.2) is 48.0 Å². The van der Waals surface area contributed by atoms with Crippen molar-refractivity contribution >= 4 is 17.2 Å². The van der Waals surface area contributed by atoms with Gasteiger partial charge in [0, 0.05) is 10.9 Å². The van der Waals surface area contributed by atoms with Gasteiger partial charge in [-0.25, -0.2) is 18.7 Å². The number of halogens is 2. The third kappa shape index (κ3) is 3.57. The molecule has 2 aromatic heterocycles. The lowest BCUT2D eigenvalue weighted by Crippen LogP contribution is -2.23. The monoisotopic (exact) mass is 331 g/mol. The first-order chi connectivity index (χ1) is 11.1. The van der Waals surface area contributed by atoms with E-state index in [1.807, 2.05) is 0 Å². The van der Waals surface area contributed by atoms with E-state index in [1.54, 1.807) is 23.6 Å². The molecule has 7 heteroatoms. The largest absolute Gasteiger partial charge is 0.344 e. The van der Waals surface area contributed by atoms with Gasteiger partial charge in [0.2, 0.25) is 0 Å². The maximum absolute atomic E-state index is 13.7. The van der Waals surface area contributed by atoms with Gasteiger partial charge in [-0.1, -0.05) is 12.1 Å². The Kier molecular flexibility index (Phi) is 4.38. The highest BCUT2D eigenvalue weighted by Gasteiger charge is 2.11. The van der Waals surface area contributed by atoms with Gasteiger partial charge in [0.05, 0.1) is 18.4 Å². The van der Waals surface area contributed by atoms with Crippen LogP contribution < -0.4 is 5.32 Å². The lowest BCUT2D eigenvalue weighted by atomic mass is 10.2. The Bertz CT molecular complexity index is 833. The molecule has 3 rings (SSSR count). The van der Waals surface area contributed by atoms with Crippen LogP contribution in [0.3, 0.4) is 0 Å². The number of thiazole rings is 1. The first-order valence-corrected chi connectivity index (χ1v) is 7.60. The maximum Gasteiger partial charge on any atom is 0.270 e. The number of aromatic nitrogens is 2. The van der Waals surface area contributed by atoms with Crippen molar-refractivity contribution in [3.05, 3.63) is 70.3 Å². The van der Waals surface area contributed by atoms with Crippen LogP contribution in [0.25, 0.3) is 11.3 Å². The molecule has 0 unspecified atom stereocenters. The number of hydrogen-bond acceptors (Lipinski definition) is 4. The van der Waals surface area contributed by atoms with Gasteiger partial charge < -0.3 is 5.32 Å². The quantitative estimate of drug-likeness (QED) is 0.797. The lowest BCUT2D eigenvalue weighted by molar-refractivity contribution is 0.0946. The molecule has 23 heavy (non-hydrogen) atoms. The van der Waals surface area contributed by atoms with Gasteiger partial charge in [0.15, 0.2) is 0 Å². The third-order valence-electron chi connectivity index (χ3n) is 3.06. The lowest BCUT2D eigenvalue weighted by Gasteiger charge is -2.02. The van der Waals surface area contributed by atoms with E-state index in [1.165, 1.54) is 29.5 Å². The predicted molar refractivity (Wildman–Crippen MR) is 82.9 cm³/mol. The van der Waals surface area contributed by atoms with E-state index < -0.39 is 11.7 Å².